The molecular weight excluding hydrogens is 228 g/mol. The first-order valence-electron chi connectivity index (χ1n) is 6.15. The summed E-state index contributed by atoms with van der Waals surface area (Å²) >= 11 is 5.96. The van der Waals surface area contributed by atoms with Gasteiger partial charge in [0.25, 0.3) is 0 Å². The molecule has 2 aromatic carbocycles. The molecule has 0 nitrogen and oxygen atoms in total. The number of rotatable bonds is 3. The van der Waals surface area contributed by atoms with Crippen molar-refractivity contribution >= 4 is 11.6 Å². The van der Waals surface area contributed by atoms with Crippen LogP contribution in [0.1, 0.15) is 29.9 Å². The van der Waals surface area contributed by atoms with Crippen LogP contribution in [0.4, 0.5) is 0 Å². The maximum atomic E-state index is 5.96. The van der Waals surface area contributed by atoms with Gasteiger partial charge in [-0.2, -0.15) is 0 Å². The minimum absolute atomic E-state index is 0.550. The minimum Gasteiger partial charge on any atom is -0.0843 e. The molecule has 0 N–H and O–H groups in total. The zero-order chi connectivity index (χ0) is 11.7. The summed E-state index contributed by atoms with van der Waals surface area (Å²) in [5.41, 5.74) is 2.82. The molecule has 0 radical (unpaired) electrons. The van der Waals surface area contributed by atoms with Crippen molar-refractivity contribution < 1.29 is 0 Å². The monoisotopic (exact) mass is 242 g/mol. The van der Waals surface area contributed by atoms with Gasteiger partial charge in [0.1, 0.15) is 0 Å². The molecule has 17 heavy (non-hydrogen) atoms. The van der Waals surface area contributed by atoms with Crippen molar-refractivity contribution in [2.24, 2.45) is 5.92 Å². The maximum absolute atomic E-state index is 5.96. The van der Waals surface area contributed by atoms with Gasteiger partial charge in [-0.1, -0.05) is 54.1 Å². The summed E-state index contributed by atoms with van der Waals surface area (Å²) in [4.78, 5) is 0. The Morgan fingerprint density at radius 1 is 0.824 bits per heavy atom. The minimum atomic E-state index is 0.550. The van der Waals surface area contributed by atoms with E-state index in [1.54, 1.807) is 0 Å². The second kappa shape index (κ2) is 4.54. The van der Waals surface area contributed by atoms with Gasteiger partial charge in [0.15, 0.2) is 0 Å². The fourth-order valence-corrected chi connectivity index (χ4v) is 2.62. The third-order valence-corrected chi connectivity index (χ3v) is 3.73. The average molecular weight is 243 g/mol. The lowest BCUT2D eigenvalue weighted by molar-refractivity contribution is 0.704. The highest BCUT2D eigenvalue weighted by atomic mass is 35.5. The Labute approximate surface area is 107 Å². The van der Waals surface area contributed by atoms with Gasteiger partial charge < -0.3 is 0 Å². The highest BCUT2D eigenvalue weighted by Crippen LogP contribution is 2.46. The van der Waals surface area contributed by atoms with E-state index in [1.165, 1.54) is 24.0 Å². The van der Waals surface area contributed by atoms with Crippen molar-refractivity contribution in [1.29, 1.82) is 0 Å². The predicted molar refractivity (Wildman–Crippen MR) is 72.5 cm³/mol. The number of benzene rings is 2. The molecule has 1 unspecified atom stereocenters. The van der Waals surface area contributed by atoms with E-state index in [1.807, 2.05) is 12.1 Å². The van der Waals surface area contributed by atoms with E-state index >= 15 is 0 Å². The van der Waals surface area contributed by atoms with Gasteiger partial charge in [-0.3, -0.25) is 0 Å². The largest absolute Gasteiger partial charge is 0.0843 e. The number of hydrogen-bond donors (Lipinski definition) is 0. The Morgan fingerprint density at radius 2 is 1.41 bits per heavy atom. The normalized spacial score (nSPS) is 16.8. The van der Waals surface area contributed by atoms with Crippen LogP contribution < -0.4 is 0 Å². The number of hydrogen-bond acceptors (Lipinski definition) is 0. The summed E-state index contributed by atoms with van der Waals surface area (Å²) in [5.74, 6) is 1.37. The van der Waals surface area contributed by atoms with Crippen molar-refractivity contribution in [3.8, 4) is 0 Å². The van der Waals surface area contributed by atoms with Gasteiger partial charge in [0.2, 0.25) is 0 Å². The predicted octanol–water partition coefficient (Wildman–Crippen LogP) is 4.88. The smallest absolute Gasteiger partial charge is 0.0406 e. The van der Waals surface area contributed by atoms with E-state index in [-0.39, 0.29) is 0 Å². The first-order valence-corrected chi connectivity index (χ1v) is 6.53. The van der Waals surface area contributed by atoms with Crippen LogP contribution in [0, 0.1) is 5.92 Å². The van der Waals surface area contributed by atoms with Gasteiger partial charge >= 0.3 is 0 Å². The zero-order valence-corrected chi connectivity index (χ0v) is 10.4. The summed E-state index contributed by atoms with van der Waals surface area (Å²) in [5, 5.41) is 0.816. The fraction of sp³-hybridized carbons (Fsp3) is 0.250. The molecule has 1 atom stereocenters. The molecule has 2 aromatic rings. The van der Waals surface area contributed by atoms with Crippen molar-refractivity contribution in [2.45, 2.75) is 18.8 Å². The van der Waals surface area contributed by atoms with Gasteiger partial charge in [-0.25, -0.2) is 0 Å². The SMILES string of the molecule is Clc1ccc(C(c2ccccc2)C2CC2)cc1. The molecule has 1 saturated carbocycles. The maximum Gasteiger partial charge on any atom is 0.0406 e. The quantitative estimate of drug-likeness (QED) is 0.720. The van der Waals surface area contributed by atoms with Crippen LogP contribution in [0.2, 0.25) is 5.02 Å². The molecule has 0 aliphatic heterocycles. The Hall–Kier alpha value is -1.27. The van der Waals surface area contributed by atoms with Crippen molar-refractivity contribution in [3.63, 3.8) is 0 Å². The lowest BCUT2D eigenvalue weighted by Crippen LogP contribution is -2.03. The molecule has 1 aliphatic carbocycles. The van der Waals surface area contributed by atoms with Crippen molar-refractivity contribution in [2.75, 3.05) is 0 Å². The van der Waals surface area contributed by atoms with Gasteiger partial charge in [0, 0.05) is 10.9 Å². The van der Waals surface area contributed by atoms with Crippen molar-refractivity contribution in [3.05, 3.63) is 70.7 Å². The van der Waals surface area contributed by atoms with Crippen LogP contribution in [0.15, 0.2) is 54.6 Å². The molecular formula is C16H15Cl. The highest BCUT2D eigenvalue weighted by Gasteiger charge is 2.33. The molecule has 1 aliphatic rings. The first-order chi connectivity index (χ1) is 8.34. The van der Waals surface area contributed by atoms with E-state index < -0.39 is 0 Å². The van der Waals surface area contributed by atoms with Crippen LogP contribution in [0.25, 0.3) is 0 Å². The second-order valence-corrected chi connectivity index (χ2v) is 5.21. The van der Waals surface area contributed by atoms with E-state index in [4.69, 9.17) is 11.6 Å². The molecule has 0 aromatic heterocycles. The molecule has 0 heterocycles. The third kappa shape index (κ3) is 2.37. The summed E-state index contributed by atoms with van der Waals surface area (Å²) < 4.78 is 0. The van der Waals surface area contributed by atoms with Crippen LogP contribution in [0.3, 0.4) is 0 Å². The third-order valence-electron chi connectivity index (χ3n) is 3.48. The molecule has 3 rings (SSSR count). The first kappa shape index (κ1) is 10.9. The van der Waals surface area contributed by atoms with Crippen LogP contribution >= 0.6 is 11.6 Å². The highest BCUT2D eigenvalue weighted by molar-refractivity contribution is 6.30. The van der Waals surface area contributed by atoms with Crippen LogP contribution in [-0.2, 0) is 0 Å². The molecule has 1 heteroatoms. The lowest BCUT2D eigenvalue weighted by Gasteiger charge is -2.17. The Kier molecular flexibility index (Phi) is 2.90. The van der Waals surface area contributed by atoms with Crippen LogP contribution in [-0.4, -0.2) is 0 Å². The molecule has 0 saturated heterocycles. The zero-order valence-electron chi connectivity index (χ0n) is 9.64. The Balaban J connectivity index is 1.98. The topological polar surface area (TPSA) is 0 Å². The molecule has 86 valence electrons. The van der Waals surface area contributed by atoms with E-state index in [9.17, 15) is 0 Å². The van der Waals surface area contributed by atoms with E-state index in [0.29, 0.717) is 5.92 Å². The summed E-state index contributed by atoms with van der Waals surface area (Å²) in [7, 11) is 0. The lowest BCUT2D eigenvalue weighted by atomic mass is 9.87. The van der Waals surface area contributed by atoms with Crippen molar-refractivity contribution in [1.82, 2.24) is 0 Å². The molecule has 0 spiro atoms. The Bertz CT molecular complexity index is 483. The van der Waals surface area contributed by atoms with Crippen LogP contribution in [0.5, 0.6) is 0 Å². The molecule has 0 amide bonds. The summed E-state index contributed by atoms with van der Waals surface area (Å²) in [6.45, 7) is 0. The Morgan fingerprint density at radius 3 is 2.00 bits per heavy atom. The fourth-order valence-electron chi connectivity index (χ4n) is 2.50. The molecule has 1 fully saturated rings. The average Bonchev–Trinajstić information content (AvgIpc) is 3.18. The number of halogens is 1. The van der Waals surface area contributed by atoms with Gasteiger partial charge in [-0.15, -0.1) is 0 Å². The van der Waals surface area contributed by atoms with E-state index in [2.05, 4.69) is 42.5 Å². The standard InChI is InChI=1S/C16H15Cl/c17-15-10-8-14(9-11-15)16(13-6-7-13)12-4-2-1-3-5-12/h1-5,8-11,13,16H,6-7H2. The van der Waals surface area contributed by atoms with Gasteiger partial charge in [-0.05, 0) is 42.0 Å². The molecule has 0 bridgehead atoms. The summed E-state index contributed by atoms with van der Waals surface area (Å²) in [6.07, 6.45) is 2.70. The summed E-state index contributed by atoms with van der Waals surface area (Å²) in [6, 6.07) is 19.1. The van der Waals surface area contributed by atoms with Gasteiger partial charge in [0.05, 0.1) is 0 Å². The second-order valence-electron chi connectivity index (χ2n) is 4.78. The van der Waals surface area contributed by atoms with E-state index in [0.717, 1.165) is 10.9 Å².